The van der Waals surface area contributed by atoms with Gasteiger partial charge in [0.15, 0.2) is 0 Å². The summed E-state index contributed by atoms with van der Waals surface area (Å²) < 4.78 is 6.58. The van der Waals surface area contributed by atoms with Crippen LogP contribution < -0.4 is 10.5 Å². The van der Waals surface area contributed by atoms with E-state index in [1.807, 2.05) is 31.2 Å². The molecule has 0 radical (unpaired) electrons. The number of halogens is 1. The van der Waals surface area contributed by atoms with Crippen LogP contribution in [0.1, 0.15) is 11.3 Å². The maximum Gasteiger partial charge on any atom is 0.230 e. The molecule has 2 rings (SSSR count). The van der Waals surface area contributed by atoms with Gasteiger partial charge in [0.25, 0.3) is 0 Å². The van der Waals surface area contributed by atoms with Gasteiger partial charge in [0.1, 0.15) is 11.6 Å². The molecule has 0 aliphatic heterocycles. The predicted octanol–water partition coefficient (Wildman–Crippen LogP) is 3.23. The quantitative estimate of drug-likeness (QED) is 0.675. The van der Waals surface area contributed by atoms with Crippen molar-refractivity contribution in [3.05, 3.63) is 52.1 Å². The number of rotatable bonds is 3. The van der Waals surface area contributed by atoms with Crippen molar-refractivity contribution >= 4 is 21.8 Å². The van der Waals surface area contributed by atoms with E-state index in [1.165, 1.54) is 0 Å². The first-order valence-electron chi connectivity index (χ1n) is 5.32. The van der Waals surface area contributed by atoms with E-state index in [0.717, 1.165) is 10.2 Å². The smallest absolute Gasteiger partial charge is 0.230 e. The van der Waals surface area contributed by atoms with E-state index in [0.29, 0.717) is 17.2 Å². The van der Waals surface area contributed by atoms with Gasteiger partial charge in [-0.3, -0.25) is 5.41 Å². The topological polar surface area (TPSA) is 72.0 Å². The second-order valence-corrected chi connectivity index (χ2v) is 4.69. The molecule has 3 N–H and O–H groups in total. The lowest BCUT2D eigenvalue weighted by Crippen LogP contribution is -2.13. The zero-order chi connectivity index (χ0) is 13.1. The minimum Gasteiger partial charge on any atom is -0.438 e. The average Bonchev–Trinajstić information content (AvgIpc) is 2.28. The Hall–Kier alpha value is -1.88. The highest BCUT2D eigenvalue weighted by Crippen LogP contribution is 2.25. The molecule has 4 nitrogen and oxygen atoms in total. The summed E-state index contributed by atoms with van der Waals surface area (Å²) in [6.45, 7) is 1.86. The minimum absolute atomic E-state index is 0.0625. The van der Waals surface area contributed by atoms with Crippen molar-refractivity contribution in [3.63, 3.8) is 0 Å². The summed E-state index contributed by atoms with van der Waals surface area (Å²) in [5.41, 5.74) is 6.80. The maximum atomic E-state index is 7.50. The summed E-state index contributed by atoms with van der Waals surface area (Å²) in [5.74, 6) is 0.929. The number of nitrogens with one attached hydrogen (secondary N) is 1. The molecule has 1 heterocycles. The Kier molecular flexibility index (Phi) is 3.62. The number of benzene rings is 1. The first-order chi connectivity index (χ1) is 8.56. The Balaban J connectivity index is 2.39. The molecule has 0 amide bonds. The van der Waals surface area contributed by atoms with E-state index in [2.05, 4.69) is 20.9 Å². The number of amidine groups is 1. The van der Waals surface area contributed by atoms with Gasteiger partial charge in [-0.05, 0) is 37.3 Å². The van der Waals surface area contributed by atoms with Crippen LogP contribution >= 0.6 is 15.9 Å². The van der Waals surface area contributed by atoms with E-state index >= 15 is 0 Å². The summed E-state index contributed by atoms with van der Waals surface area (Å²) in [6.07, 6.45) is 0. The summed E-state index contributed by atoms with van der Waals surface area (Å²) in [5, 5.41) is 7.50. The highest BCUT2D eigenvalue weighted by molar-refractivity contribution is 9.10. The third-order valence-corrected chi connectivity index (χ3v) is 2.79. The molecule has 0 aliphatic carbocycles. The highest BCUT2D eigenvalue weighted by atomic mass is 79.9. The number of hydrogen-bond donors (Lipinski definition) is 2. The molecule has 92 valence electrons. The first-order valence-corrected chi connectivity index (χ1v) is 6.11. The first kappa shape index (κ1) is 12.6. The van der Waals surface area contributed by atoms with Crippen molar-refractivity contribution in [3.8, 4) is 11.6 Å². The number of hydrogen-bond acceptors (Lipinski definition) is 3. The fraction of sp³-hybridized carbons (Fsp3) is 0.0769. The summed E-state index contributed by atoms with van der Waals surface area (Å²) >= 11 is 3.37. The van der Waals surface area contributed by atoms with Crippen molar-refractivity contribution in [2.24, 2.45) is 5.73 Å². The number of ether oxygens (including phenoxy) is 1. The van der Waals surface area contributed by atoms with Gasteiger partial charge in [-0.15, -0.1) is 0 Å². The molecule has 1 aromatic carbocycles. The summed E-state index contributed by atoms with van der Waals surface area (Å²) in [6, 6.07) is 10.9. The Morgan fingerprint density at radius 3 is 2.78 bits per heavy atom. The lowest BCUT2D eigenvalue weighted by atomic mass is 10.2. The van der Waals surface area contributed by atoms with Crippen LogP contribution in [0.25, 0.3) is 0 Å². The number of pyridine rings is 1. The fourth-order valence-electron chi connectivity index (χ4n) is 1.46. The molecule has 0 aliphatic rings. The van der Waals surface area contributed by atoms with Crippen LogP contribution in [-0.4, -0.2) is 10.8 Å². The van der Waals surface area contributed by atoms with Crippen LogP contribution in [0, 0.1) is 12.3 Å². The molecule has 1 aromatic heterocycles. The standard InChI is InChI=1S/C13H12BrN3O/c1-8-5-6-11(12(15)16)13(17-8)18-10-4-2-3-9(14)7-10/h2-7H,1H3,(H3,15,16). The van der Waals surface area contributed by atoms with E-state index < -0.39 is 0 Å². The summed E-state index contributed by atoms with van der Waals surface area (Å²) in [7, 11) is 0. The molecule has 18 heavy (non-hydrogen) atoms. The van der Waals surface area contributed by atoms with Crippen LogP contribution in [0.2, 0.25) is 0 Å². The maximum absolute atomic E-state index is 7.50. The largest absolute Gasteiger partial charge is 0.438 e. The van der Waals surface area contributed by atoms with Gasteiger partial charge in [-0.2, -0.15) is 0 Å². The van der Waals surface area contributed by atoms with E-state index in [9.17, 15) is 0 Å². The molecular formula is C13H12BrN3O. The number of nitrogens with zero attached hydrogens (tertiary/aromatic N) is 1. The molecule has 0 fully saturated rings. The van der Waals surface area contributed by atoms with Gasteiger partial charge in [0, 0.05) is 10.2 Å². The SMILES string of the molecule is Cc1ccc(C(=N)N)c(Oc2cccc(Br)c2)n1. The third kappa shape index (κ3) is 2.87. The second kappa shape index (κ2) is 5.18. The number of aromatic nitrogens is 1. The summed E-state index contributed by atoms with van der Waals surface area (Å²) in [4.78, 5) is 4.26. The average molecular weight is 306 g/mol. The molecule has 0 saturated carbocycles. The Morgan fingerprint density at radius 1 is 1.33 bits per heavy atom. The minimum atomic E-state index is -0.0625. The van der Waals surface area contributed by atoms with Crippen molar-refractivity contribution in [2.75, 3.05) is 0 Å². The van der Waals surface area contributed by atoms with Crippen molar-refractivity contribution in [2.45, 2.75) is 6.92 Å². The van der Waals surface area contributed by atoms with Gasteiger partial charge in [0.2, 0.25) is 5.88 Å². The monoisotopic (exact) mass is 305 g/mol. The Labute approximate surface area is 113 Å². The van der Waals surface area contributed by atoms with Crippen molar-refractivity contribution in [1.82, 2.24) is 4.98 Å². The van der Waals surface area contributed by atoms with Crippen LogP contribution in [0.5, 0.6) is 11.6 Å². The van der Waals surface area contributed by atoms with E-state index in [-0.39, 0.29) is 5.84 Å². The van der Waals surface area contributed by atoms with Gasteiger partial charge in [0.05, 0.1) is 5.56 Å². The van der Waals surface area contributed by atoms with Gasteiger partial charge in [-0.1, -0.05) is 22.0 Å². The third-order valence-electron chi connectivity index (χ3n) is 2.30. The Morgan fingerprint density at radius 2 is 2.11 bits per heavy atom. The zero-order valence-electron chi connectivity index (χ0n) is 9.77. The van der Waals surface area contributed by atoms with Crippen LogP contribution in [0.3, 0.4) is 0 Å². The van der Waals surface area contributed by atoms with Crippen LogP contribution in [0.15, 0.2) is 40.9 Å². The van der Waals surface area contributed by atoms with Crippen molar-refractivity contribution in [1.29, 1.82) is 5.41 Å². The highest BCUT2D eigenvalue weighted by Gasteiger charge is 2.10. The lowest BCUT2D eigenvalue weighted by Gasteiger charge is -2.10. The number of nitrogens with two attached hydrogens (primary N) is 1. The molecule has 0 unspecified atom stereocenters. The number of nitrogen functional groups attached to an aromatic ring is 1. The van der Waals surface area contributed by atoms with Crippen LogP contribution in [0.4, 0.5) is 0 Å². The number of aryl methyl sites for hydroxylation is 1. The molecule has 0 saturated heterocycles. The molecular weight excluding hydrogens is 294 g/mol. The molecule has 0 atom stereocenters. The van der Waals surface area contributed by atoms with Gasteiger partial charge in [-0.25, -0.2) is 4.98 Å². The predicted molar refractivity (Wildman–Crippen MR) is 74.2 cm³/mol. The lowest BCUT2D eigenvalue weighted by molar-refractivity contribution is 0.460. The molecule has 0 spiro atoms. The zero-order valence-corrected chi connectivity index (χ0v) is 11.4. The molecule has 5 heteroatoms. The Bertz CT molecular complexity index is 599. The molecule has 0 bridgehead atoms. The second-order valence-electron chi connectivity index (χ2n) is 3.78. The van der Waals surface area contributed by atoms with Crippen LogP contribution in [-0.2, 0) is 0 Å². The van der Waals surface area contributed by atoms with E-state index in [4.69, 9.17) is 15.9 Å². The molecule has 2 aromatic rings. The van der Waals surface area contributed by atoms with E-state index in [1.54, 1.807) is 12.1 Å². The normalized spacial score (nSPS) is 10.1. The van der Waals surface area contributed by atoms with Crippen molar-refractivity contribution < 1.29 is 4.74 Å². The van der Waals surface area contributed by atoms with Gasteiger partial charge >= 0.3 is 0 Å². The fourth-order valence-corrected chi connectivity index (χ4v) is 1.84. The van der Waals surface area contributed by atoms with Gasteiger partial charge < -0.3 is 10.5 Å².